The predicted octanol–water partition coefficient (Wildman–Crippen LogP) is 6.34. The Bertz CT molecular complexity index is 1830. The van der Waals surface area contributed by atoms with Crippen LogP contribution in [0.4, 0.5) is 0 Å². The zero-order valence-corrected chi connectivity index (χ0v) is 28.4. The van der Waals surface area contributed by atoms with Crippen molar-refractivity contribution in [3.05, 3.63) is 132 Å². The molecule has 2 saturated heterocycles. The lowest BCUT2D eigenvalue weighted by Gasteiger charge is -2.19. The third-order valence-electron chi connectivity index (χ3n) is 9.69. The van der Waals surface area contributed by atoms with Crippen LogP contribution < -0.4 is 5.32 Å². The van der Waals surface area contributed by atoms with Crippen molar-refractivity contribution < 1.29 is 9.59 Å². The van der Waals surface area contributed by atoms with E-state index in [1.807, 2.05) is 89.8 Å². The maximum Gasteiger partial charge on any atom is 0.222 e. The SMILES string of the molecule is C(#CC12CNCC1C2)c1ccccn1.O=C(CCc1ccccc1)N1CC2CC2(C#Cc2ccccn2)C1.O=C(Cl)CCc1ccccc1. The fourth-order valence-electron chi connectivity index (χ4n) is 6.59. The Kier molecular flexibility index (Phi) is 11.2. The summed E-state index contributed by atoms with van der Waals surface area (Å²) in [5.41, 5.74) is 4.41. The highest BCUT2D eigenvalue weighted by Crippen LogP contribution is 2.57. The Morgan fingerprint density at radius 1 is 0.735 bits per heavy atom. The van der Waals surface area contributed by atoms with Crippen molar-refractivity contribution in [2.45, 2.75) is 38.5 Å². The van der Waals surface area contributed by atoms with Crippen LogP contribution in [0.2, 0.25) is 0 Å². The minimum atomic E-state index is -0.270. The first-order valence-corrected chi connectivity index (χ1v) is 17.4. The van der Waals surface area contributed by atoms with E-state index in [4.69, 9.17) is 11.6 Å². The van der Waals surface area contributed by atoms with Gasteiger partial charge < -0.3 is 10.2 Å². The van der Waals surface area contributed by atoms with Crippen LogP contribution >= 0.6 is 11.6 Å². The van der Waals surface area contributed by atoms with E-state index in [1.165, 1.54) is 12.0 Å². The minimum Gasteiger partial charge on any atom is -0.341 e. The number of aromatic nitrogens is 2. The van der Waals surface area contributed by atoms with E-state index in [2.05, 4.69) is 51.1 Å². The summed E-state index contributed by atoms with van der Waals surface area (Å²) < 4.78 is 0. The molecule has 7 heteroatoms. The number of amides is 1. The van der Waals surface area contributed by atoms with E-state index in [0.29, 0.717) is 24.2 Å². The number of hydrogen-bond acceptors (Lipinski definition) is 5. The number of hydrogen-bond donors (Lipinski definition) is 1. The lowest BCUT2D eigenvalue weighted by Crippen LogP contribution is -2.31. The van der Waals surface area contributed by atoms with Gasteiger partial charge in [-0.3, -0.25) is 9.59 Å². The summed E-state index contributed by atoms with van der Waals surface area (Å²) in [5.74, 6) is 14.7. The predicted molar refractivity (Wildman–Crippen MR) is 193 cm³/mol. The highest BCUT2D eigenvalue weighted by molar-refractivity contribution is 6.63. The van der Waals surface area contributed by atoms with Gasteiger partial charge in [-0.05, 0) is 103 Å². The normalized spacial score (nSPS) is 23.3. The molecule has 4 aromatic rings. The molecule has 2 saturated carbocycles. The second-order valence-electron chi connectivity index (χ2n) is 13.3. The maximum absolute atomic E-state index is 12.5. The van der Waals surface area contributed by atoms with E-state index in [0.717, 1.165) is 68.3 Å². The number of rotatable bonds is 6. The molecule has 6 nitrogen and oxygen atoms in total. The second kappa shape index (κ2) is 16.1. The van der Waals surface area contributed by atoms with Crippen LogP contribution in [0.5, 0.6) is 0 Å². The van der Waals surface area contributed by atoms with Gasteiger partial charge in [-0.1, -0.05) is 84.6 Å². The largest absolute Gasteiger partial charge is 0.341 e. The molecule has 4 fully saturated rings. The molecule has 2 aromatic heterocycles. The number of nitrogens with one attached hydrogen (secondary N) is 1. The van der Waals surface area contributed by atoms with E-state index >= 15 is 0 Å². The smallest absolute Gasteiger partial charge is 0.222 e. The first kappa shape index (κ1) is 34.1. The summed E-state index contributed by atoms with van der Waals surface area (Å²) >= 11 is 5.19. The van der Waals surface area contributed by atoms with E-state index in [1.54, 1.807) is 12.4 Å². The van der Waals surface area contributed by atoms with Crippen molar-refractivity contribution >= 4 is 22.8 Å². The number of carbonyl (C=O) groups excluding carboxylic acids is 2. The molecule has 0 radical (unpaired) electrons. The maximum atomic E-state index is 12.5. The summed E-state index contributed by atoms with van der Waals surface area (Å²) in [6, 6.07) is 31.7. The van der Waals surface area contributed by atoms with Gasteiger partial charge in [0.25, 0.3) is 0 Å². The van der Waals surface area contributed by atoms with Gasteiger partial charge in [-0.2, -0.15) is 0 Å². The number of piperidine rings is 2. The topological polar surface area (TPSA) is 75.2 Å². The Morgan fingerprint density at radius 3 is 1.80 bits per heavy atom. The van der Waals surface area contributed by atoms with E-state index in [9.17, 15) is 9.59 Å². The molecule has 1 N–H and O–H groups in total. The molecule has 4 atom stereocenters. The molecule has 49 heavy (non-hydrogen) atoms. The zero-order chi connectivity index (χ0) is 33.9. The zero-order valence-electron chi connectivity index (χ0n) is 27.7. The van der Waals surface area contributed by atoms with Gasteiger partial charge in [0, 0.05) is 50.3 Å². The Labute approximate surface area is 294 Å². The Balaban J connectivity index is 0.000000141. The molecule has 2 aromatic carbocycles. The average molecular weight is 669 g/mol. The average Bonchev–Trinajstić information content (AvgIpc) is 3.93. The van der Waals surface area contributed by atoms with Gasteiger partial charge in [0.1, 0.15) is 11.4 Å². The van der Waals surface area contributed by atoms with Crippen molar-refractivity contribution in [3.8, 4) is 23.7 Å². The number of carbonyl (C=O) groups is 2. The van der Waals surface area contributed by atoms with Crippen molar-refractivity contribution in [2.75, 3.05) is 26.2 Å². The molecule has 4 unspecified atom stereocenters. The van der Waals surface area contributed by atoms with E-state index in [-0.39, 0.29) is 16.6 Å². The summed E-state index contributed by atoms with van der Waals surface area (Å²) in [5, 5.41) is 3.11. The lowest BCUT2D eigenvalue weighted by molar-refractivity contribution is -0.130. The third kappa shape index (κ3) is 9.67. The standard InChI is InChI=1S/C21H20N2O.C12H12N2.C9H9ClO/c24-20(10-9-17-6-2-1-3-7-17)23-15-18-14-21(18,16-23)12-11-19-8-4-5-13-22-19;1-2-6-14-11(3-1)4-5-12-7-10(12)8-13-9-12;10-9(11)7-6-8-4-2-1-3-5-8/h1-8,13,18H,9-10,14-16H2;1-3,6,10,13H,7-9H2;1-5H,6-7H2. The molecule has 0 bridgehead atoms. The van der Waals surface area contributed by atoms with Crippen LogP contribution in [0, 0.1) is 46.3 Å². The summed E-state index contributed by atoms with van der Waals surface area (Å²) in [4.78, 5) is 33.3. The monoisotopic (exact) mass is 668 g/mol. The highest BCUT2D eigenvalue weighted by atomic mass is 35.5. The van der Waals surface area contributed by atoms with Gasteiger partial charge in [0.2, 0.25) is 11.1 Å². The first-order chi connectivity index (χ1) is 23.9. The number of nitrogens with zero attached hydrogens (tertiary/aromatic N) is 3. The van der Waals surface area contributed by atoms with Crippen molar-refractivity contribution in [2.24, 2.45) is 22.7 Å². The van der Waals surface area contributed by atoms with Crippen molar-refractivity contribution in [1.82, 2.24) is 20.2 Å². The minimum absolute atomic E-state index is 0.0277. The van der Waals surface area contributed by atoms with Gasteiger partial charge in [-0.15, -0.1) is 0 Å². The van der Waals surface area contributed by atoms with Crippen LogP contribution in [0.15, 0.2) is 109 Å². The second-order valence-corrected chi connectivity index (χ2v) is 13.7. The van der Waals surface area contributed by atoms with Crippen LogP contribution in [0.25, 0.3) is 0 Å². The fourth-order valence-corrected chi connectivity index (χ4v) is 6.69. The molecule has 2 aliphatic heterocycles. The van der Waals surface area contributed by atoms with Crippen molar-refractivity contribution in [1.29, 1.82) is 0 Å². The van der Waals surface area contributed by atoms with Crippen LogP contribution in [-0.2, 0) is 22.4 Å². The Morgan fingerprint density at radius 2 is 1.29 bits per heavy atom. The van der Waals surface area contributed by atoms with Crippen LogP contribution in [0.1, 0.15) is 48.2 Å². The van der Waals surface area contributed by atoms with Gasteiger partial charge in [0.15, 0.2) is 0 Å². The molecule has 8 rings (SSSR count). The molecule has 2 aliphatic carbocycles. The molecule has 4 heterocycles. The van der Waals surface area contributed by atoms with E-state index < -0.39 is 0 Å². The lowest BCUT2D eigenvalue weighted by atomic mass is 10.1. The first-order valence-electron chi connectivity index (χ1n) is 17.1. The molecule has 248 valence electrons. The van der Waals surface area contributed by atoms with Gasteiger partial charge in [0.05, 0.1) is 5.41 Å². The third-order valence-corrected chi connectivity index (χ3v) is 9.88. The number of halogens is 1. The Hall–Kier alpha value is -4.75. The number of pyridine rings is 2. The molecule has 0 spiro atoms. The van der Waals surface area contributed by atoms with Gasteiger partial charge in [-0.25, -0.2) is 9.97 Å². The summed E-state index contributed by atoms with van der Waals surface area (Å²) in [6.07, 6.45) is 8.51. The number of benzene rings is 2. The number of fused-ring (bicyclic) bond motifs is 2. The van der Waals surface area contributed by atoms with Gasteiger partial charge >= 0.3 is 0 Å². The highest BCUT2D eigenvalue weighted by Gasteiger charge is 2.60. The summed E-state index contributed by atoms with van der Waals surface area (Å²) in [6.45, 7) is 3.87. The molecule has 1 amide bonds. The molecular weight excluding hydrogens is 628 g/mol. The fraction of sp³-hybridized carbons (Fsp3) is 0.333. The van der Waals surface area contributed by atoms with Crippen molar-refractivity contribution in [3.63, 3.8) is 0 Å². The molecule has 4 aliphatic rings. The van der Waals surface area contributed by atoms with Crippen LogP contribution in [-0.4, -0.2) is 52.2 Å². The molecular formula is C42H41ClN4O2. The summed E-state index contributed by atoms with van der Waals surface area (Å²) in [7, 11) is 0. The number of aryl methyl sites for hydroxylation is 2. The quantitative estimate of drug-likeness (QED) is 0.192. The number of likely N-dealkylation sites (tertiary alicyclic amines) is 1. The van der Waals surface area contributed by atoms with Crippen LogP contribution in [0.3, 0.4) is 0 Å².